The van der Waals surface area contributed by atoms with Crippen LogP contribution in [0.3, 0.4) is 0 Å². The predicted octanol–water partition coefficient (Wildman–Crippen LogP) is 0.718. The monoisotopic (exact) mass is 330 g/mol. The van der Waals surface area contributed by atoms with Crippen LogP contribution in [0.25, 0.3) is 0 Å². The fourth-order valence-electron chi connectivity index (χ4n) is 2.28. The number of benzene rings is 1. The van der Waals surface area contributed by atoms with Crippen molar-refractivity contribution in [3.05, 3.63) is 28.8 Å². The fraction of sp³-hybridized carbons (Fsp3) is 0.462. The topological polar surface area (TPSA) is 102 Å². The van der Waals surface area contributed by atoms with Crippen LogP contribution in [0.4, 0.5) is 0 Å². The Morgan fingerprint density at radius 1 is 1.52 bits per heavy atom. The van der Waals surface area contributed by atoms with E-state index in [1.165, 1.54) is 25.1 Å². The molecule has 0 spiro atoms. The lowest BCUT2D eigenvalue weighted by molar-refractivity contribution is -0.0536. The number of rotatable bonds is 3. The molecule has 2 rings (SSSR count). The number of nitriles is 1. The first-order chi connectivity index (χ1) is 9.70. The van der Waals surface area contributed by atoms with E-state index < -0.39 is 21.7 Å². The molecule has 1 heterocycles. The number of aliphatic hydroxyl groups is 2. The van der Waals surface area contributed by atoms with E-state index in [4.69, 9.17) is 16.9 Å². The maximum atomic E-state index is 12.6. The van der Waals surface area contributed by atoms with Gasteiger partial charge in [-0.3, -0.25) is 0 Å². The van der Waals surface area contributed by atoms with E-state index in [-0.39, 0.29) is 35.0 Å². The van der Waals surface area contributed by atoms with Crippen LogP contribution in [0.1, 0.15) is 18.9 Å². The number of aliphatic hydroxyl groups excluding tert-OH is 1. The second-order valence-corrected chi connectivity index (χ2v) is 7.46. The minimum Gasteiger partial charge on any atom is -0.390 e. The molecule has 6 nitrogen and oxygen atoms in total. The molecule has 1 aliphatic heterocycles. The standard InChI is InChI=1S/C13H15ClN2O4S/c1-9(17)13(18)4-5-16(8-13)21(19,20)12-3-2-11(14)6-10(12)7-15/h2-3,6,9,17-18H,4-5,8H2,1H3/t9-,13+/m0/s1. The van der Waals surface area contributed by atoms with Gasteiger partial charge >= 0.3 is 0 Å². The molecule has 1 aliphatic rings. The maximum absolute atomic E-state index is 12.6. The Morgan fingerprint density at radius 2 is 2.19 bits per heavy atom. The summed E-state index contributed by atoms with van der Waals surface area (Å²) in [6.07, 6.45) is -0.905. The minimum atomic E-state index is -3.92. The van der Waals surface area contributed by atoms with Crippen LogP contribution < -0.4 is 0 Å². The highest BCUT2D eigenvalue weighted by molar-refractivity contribution is 7.89. The highest BCUT2D eigenvalue weighted by atomic mass is 35.5. The zero-order valence-electron chi connectivity index (χ0n) is 11.3. The first-order valence-corrected chi connectivity index (χ1v) is 8.13. The van der Waals surface area contributed by atoms with Gasteiger partial charge in [0.25, 0.3) is 0 Å². The van der Waals surface area contributed by atoms with Gasteiger partial charge in [0.1, 0.15) is 16.6 Å². The van der Waals surface area contributed by atoms with Crippen molar-refractivity contribution in [2.24, 2.45) is 0 Å². The maximum Gasteiger partial charge on any atom is 0.244 e. The average Bonchev–Trinajstić information content (AvgIpc) is 2.83. The van der Waals surface area contributed by atoms with Crippen LogP contribution in [-0.4, -0.2) is 47.7 Å². The van der Waals surface area contributed by atoms with E-state index in [0.29, 0.717) is 0 Å². The van der Waals surface area contributed by atoms with Crippen molar-refractivity contribution >= 4 is 21.6 Å². The van der Waals surface area contributed by atoms with E-state index >= 15 is 0 Å². The Balaban J connectivity index is 2.39. The van der Waals surface area contributed by atoms with Gasteiger partial charge in [0.05, 0.1) is 11.7 Å². The highest BCUT2D eigenvalue weighted by Crippen LogP contribution is 2.31. The molecular weight excluding hydrogens is 316 g/mol. The molecule has 1 aromatic rings. The first kappa shape index (κ1) is 16.2. The highest BCUT2D eigenvalue weighted by Gasteiger charge is 2.45. The molecule has 1 aromatic carbocycles. The lowest BCUT2D eigenvalue weighted by Crippen LogP contribution is -2.44. The molecule has 0 amide bonds. The van der Waals surface area contributed by atoms with E-state index in [1.807, 2.05) is 6.07 Å². The number of sulfonamides is 1. The SMILES string of the molecule is C[C@H](O)[C@@]1(O)CCN(S(=O)(=O)c2ccc(Cl)cc2C#N)C1. The van der Waals surface area contributed by atoms with Crippen LogP contribution in [0.2, 0.25) is 5.02 Å². The van der Waals surface area contributed by atoms with Gasteiger partial charge in [-0.25, -0.2) is 8.42 Å². The van der Waals surface area contributed by atoms with Crippen molar-refractivity contribution in [1.29, 1.82) is 5.26 Å². The second-order valence-electron chi connectivity index (χ2n) is 5.12. The van der Waals surface area contributed by atoms with Crippen molar-refractivity contribution in [2.45, 2.75) is 29.9 Å². The van der Waals surface area contributed by atoms with Gasteiger partial charge in [0, 0.05) is 18.1 Å². The molecule has 0 aliphatic carbocycles. The van der Waals surface area contributed by atoms with Gasteiger partial charge in [-0.05, 0) is 31.5 Å². The third-order valence-electron chi connectivity index (χ3n) is 3.70. The molecule has 114 valence electrons. The van der Waals surface area contributed by atoms with Crippen molar-refractivity contribution in [3.63, 3.8) is 0 Å². The third-order valence-corrected chi connectivity index (χ3v) is 5.84. The predicted molar refractivity (Wildman–Crippen MR) is 76.2 cm³/mol. The Labute approximate surface area is 128 Å². The van der Waals surface area contributed by atoms with Crippen molar-refractivity contribution in [1.82, 2.24) is 4.31 Å². The lowest BCUT2D eigenvalue weighted by Gasteiger charge is -2.26. The summed E-state index contributed by atoms with van der Waals surface area (Å²) in [5.41, 5.74) is -1.51. The summed E-state index contributed by atoms with van der Waals surface area (Å²) in [7, 11) is -3.92. The van der Waals surface area contributed by atoms with Crippen molar-refractivity contribution in [2.75, 3.05) is 13.1 Å². The number of nitrogens with zero attached hydrogens (tertiary/aromatic N) is 2. The molecule has 21 heavy (non-hydrogen) atoms. The summed E-state index contributed by atoms with van der Waals surface area (Å²) < 4.78 is 26.2. The molecule has 0 aromatic heterocycles. The zero-order valence-corrected chi connectivity index (χ0v) is 12.9. The van der Waals surface area contributed by atoms with Crippen molar-refractivity contribution < 1.29 is 18.6 Å². The van der Waals surface area contributed by atoms with Gasteiger partial charge in [-0.1, -0.05) is 11.6 Å². The summed E-state index contributed by atoms with van der Waals surface area (Å²) in [6, 6.07) is 5.76. The largest absolute Gasteiger partial charge is 0.390 e. The molecule has 0 unspecified atom stereocenters. The Bertz CT molecular complexity index is 699. The molecule has 2 atom stereocenters. The van der Waals surface area contributed by atoms with E-state index in [0.717, 1.165) is 4.31 Å². The number of β-amino-alcohol motifs (C(OH)–C–C–N with tert-alkyl or cyclic N) is 1. The van der Waals surface area contributed by atoms with Gasteiger partial charge < -0.3 is 10.2 Å². The van der Waals surface area contributed by atoms with E-state index in [9.17, 15) is 18.6 Å². The summed E-state index contributed by atoms with van der Waals surface area (Å²) in [5.74, 6) is 0. The molecular formula is C13H15ClN2O4S. The number of hydrogen-bond donors (Lipinski definition) is 2. The van der Waals surface area contributed by atoms with Crippen LogP contribution in [-0.2, 0) is 10.0 Å². The summed E-state index contributed by atoms with van der Waals surface area (Å²) in [5, 5.41) is 29.1. The molecule has 0 bridgehead atoms. The third kappa shape index (κ3) is 2.91. The van der Waals surface area contributed by atoms with Crippen molar-refractivity contribution in [3.8, 4) is 6.07 Å². The minimum absolute atomic E-state index is 0.0463. The quantitative estimate of drug-likeness (QED) is 0.850. The second kappa shape index (κ2) is 5.55. The van der Waals surface area contributed by atoms with Crippen LogP contribution in [0, 0.1) is 11.3 Å². The lowest BCUT2D eigenvalue weighted by atomic mass is 9.97. The normalized spacial score (nSPS) is 24.7. The molecule has 1 saturated heterocycles. The number of hydrogen-bond acceptors (Lipinski definition) is 5. The summed E-state index contributed by atoms with van der Waals surface area (Å²) in [6.45, 7) is 1.29. The van der Waals surface area contributed by atoms with Gasteiger partial charge in [0.15, 0.2) is 0 Å². The molecule has 2 N–H and O–H groups in total. The molecule has 8 heteroatoms. The van der Waals surface area contributed by atoms with Gasteiger partial charge in [0.2, 0.25) is 10.0 Å². The van der Waals surface area contributed by atoms with Gasteiger partial charge in [-0.15, -0.1) is 0 Å². The summed E-state index contributed by atoms with van der Waals surface area (Å²) >= 11 is 5.76. The molecule has 0 radical (unpaired) electrons. The van der Waals surface area contributed by atoms with E-state index in [1.54, 1.807) is 0 Å². The summed E-state index contributed by atoms with van der Waals surface area (Å²) in [4.78, 5) is -0.149. The van der Waals surface area contributed by atoms with Crippen LogP contribution >= 0.6 is 11.6 Å². The van der Waals surface area contributed by atoms with Crippen LogP contribution in [0.15, 0.2) is 23.1 Å². The first-order valence-electron chi connectivity index (χ1n) is 6.31. The van der Waals surface area contributed by atoms with Crippen LogP contribution in [0.5, 0.6) is 0 Å². The molecule has 1 fully saturated rings. The Kier molecular flexibility index (Phi) is 4.29. The number of halogens is 1. The zero-order chi connectivity index (χ0) is 15.8. The van der Waals surface area contributed by atoms with Gasteiger partial charge in [-0.2, -0.15) is 9.57 Å². The average molecular weight is 331 g/mol. The Hall–Kier alpha value is -1.17. The smallest absolute Gasteiger partial charge is 0.244 e. The fourth-order valence-corrected chi connectivity index (χ4v) is 4.08. The Morgan fingerprint density at radius 3 is 2.71 bits per heavy atom. The molecule has 0 saturated carbocycles. The van der Waals surface area contributed by atoms with E-state index in [2.05, 4.69) is 0 Å².